The summed E-state index contributed by atoms with van der Waals surface area (Å²) < 4.78 is 5.91. The molecule has 1 heterocycles. The Balaban J connectivity index is 1.63. The molecule has 1 atom stereocenters. The van der Waals surface area contributed by atoms with Crippen LogP contribution >= 0.6 is 11.6 Å². The Bertz CT molecular complexity index is 433. The topological polar surface area (TPSA) is 33.3 Å². The molecule has 4 heteroatoms. The van der Waals surface area contributed by atoms with Gasteiger partial charge in [0, 0.05) is 11.9 Å². The van der Waals surface area contributed by atoms with E-state index < -0.39 is 0 Å². The van der Waals surface area contributed by atoms with Gasteiger partial charge in [0.2, 0.25) is 0 Å². The average Bonchev–Trinajstić information content (AvgIpc) is 2.86. The Hall–Kier alpha value is -0.770. The number of alkyl halides is 1. The molecule has 1 aliphatic heterocycles. The molecule has 24 heavy (non-hydrogen) atoms. The van der Waals surface area contributed by atoms with Gasteiger partial charge in [0.05, 0.1) is 6.61 Å². The lowest BCUT2D eigenvalue weighted by Crippen LogP contribution is -2.30. The van der Waals surface area contributed by atoms with Crippen LogP contribution in [0.15, 0.2) is 24.3 Å². The predicted molar refractivity (Wildman–Crippen MR) is 103 cm³/mol. The van der Waals surface area contributed by atoms with Gasteiger partial charge in [-0.3, -0.25) is 0 Å². The van der Waals surface area contributed by atoms with E-state index in [9.17, 15) is 0 Å². The number of benzene rings is 1. The number of halogens is 1. The van der Waals surface area contributed by atoms with Crippen molar-refractivity contribution in [3.8, 4) is 5.75 Å². The zero-order valence-corrected chi connectivity index (χ0v) is 15.6. The third-order valence-electron chi connectivity index (χ3n) is 4.55. The molecule has 3 nitrogen and oxygen atoms in total. The van der Waals surface area contributed by atoms with Crippen molar-refractivity contribution in [2.24, 2.45) is 0 Å². The van der Waals surface area contributed by atoms with Crippen LogP contribution < -0.4 is 15.4 Å². The zero-order chi connectivity index (χ0) is 16.9. The SMILES string of the molecule is ClCCCCNCCCOc1cccc(CC2CCCCCN2)c1. The third-order valence-corrected chi connectivity index (χ3v) is 4.81. The van der Waals surface area contributed by atoms with Crippen molar-refractivity contribution in [1.29, 1.82) is 0 Å². The molecule has 1 unspecified atom stereocenters. The lowest BCUT2D eigenvalue weighted by Gasteiger charge is -2.16. The maximum atomic E-state index is 5.91. The van der Waals surface area contributed by atoms with E-state index in [0.717, 1.165) is 57.0 Å². The van der Waals surface area contributed by atoms with E-state index >= 15 is 0 Å². The number of unbranched alkanes of at least 4 members (excludes halogenated alkanes) is 1. The molecule has 1 aromatic carbocycles. The third kappa shape index (κ3) is 8.36. The quantitative estimate of drug-likeness (QED) is 0.464. The highest BCUT2D eigenvalue weighted by Crippen LogP contribution is 2.18. The molecule has 1 aliphatic rings. The molecule has 2 rings (SSSR count). The van der Waals surface area contributed by atoms with Gasteiger partial charge in [-0.25, -0.2) is 0 Å². The van der Waals surface area contributed by atoms with Crippen LogP contribution in [0.1, 0.15) is 50.5 Å². The van der Waals surface area contributed by atoms with Crippen molar-refractivity contribution in [2.75, 3.05) is 32.1 Å². The van der Waals surface area contributed by atoms with Crippen LogP contribution in [0.3, 0.4) is 0 Å². The minimum absolute atomic E-state index is 0.625. The molecule has 1 saturated heterocycles. The highest BCUT2D eigenvalue weighted by molar-refractivity contribution is 6.17. The number of hydrogen-bond acceptors (Lipinski definition) is 3. The molecule has 0 saturated carbocycles. The summed E-state index contributed by atoms with van der Waals surface area (Å²) >= 11 is 5.66. The van der Waals surface area contributed by atoms with Gasteiger partial charge in [-0.1, -0.05) is 25.0 Å². The van der Waals surface area contributed by atoms with Crippen molar-refractivity contribution in [3.05, 3.63) is 29.8 Å². The van der Waals surface area contributed by atoms with Crippen molar-refractivity contribution < 1.29 is 4.74 Å². The van der Waals surface area contributed by atoms with Crippen molar-refractivity contribution in [2.45, 2.75) is 57.4 Å². The van der Waals surface area contributed by atoms with Crippen LogP contribution in [0.2, 0.25) is 0 Å². The first kappa shape index (κ1) is 19.6. The molecule has 0 aliphatic carbocycles. The molecular weight excluding hydrogens is 320 g/mol. The first-order valence-corrected chi connectivity index (χ1v) is 10.1. The molecule has 1 fully saturated rings. The van der Waals surface area contributed by atoms with Crippen LogP contribution in [0.4, 0.5) is 0 Å². The first-order valence-electron chi connectivity index (χ1n) is 9.60. The van der Waals surface area contributed by atoms with Crippen LogP contribution in [0, 0.1) is 0 Å². The Morgan fingerprint density at radius 3 is 2.96 bits per heavy atom. The van der Waals surface area contributed by atoms with Gasteiger partial charge in [-0.05, 0) is 75.9 Å². The maximum Gasteiger partial charge on any atom is 0.119 e. The Morgan fingerprint density at radius 1 is 1.12 bits per heavy atom. The van der Waals surface area contributed by atoms with Gasteiger partial charge in [-0.15, -0.1) is 11.6 Å². The number of nitrogens with one attached hydrogen (secondary N) is 2. The maximum absolute atomic E-state index is 5.91. The van der Waals surface area contributed by atoms with E-state index in [4.69, 9.17) is 16.3 Å². The fraction of sp³-hybridized carbons (Fsp3) is 0.700. The van der Waals surface area contributed by atoms with Gasteiger partial charge in [0.15, 0.2) is 0 Å². The summed E-state index contributed by atoms with van der Waals surface area (Å²) in [5.41, 5.74) is 1.38. The largest absolute Gasteiger partial charge is 0.494 e. The molecule has 0 radical (unpaired) electrons. The van der Waals surface area contributed by atoms with E-state index in [1.165, 1.54) is 37.8 Å². The Kier molecular flexibility index (Phi) is 10.2. The first-order chi connectivity index (χ1) is 11.9. The lowest BCUT2D eigenvalue weighted by atomic mass is 10.0. The van der Waals surface area contributed by atoms with E-state index in [2.05, 4.69) is 34.9 Å². The van der Waals surface area contributed by atoms with Crippen LogP contribution in [-0.2, 0) is 6.42 Å². The van der Waals surface area contributed by atoms with Crippen molar-refractivity contribution in [3.63, 3.8) is 0 Å². The van der Waals surface area contributed by atoms with Gasteiger partial charge in [0.1, 0.15) is 5.75 Å². The molecule has 136 valence electrons. The Morgan fingerprint density at radius 2 is 2.04 bits per heavy atom. The smallest absolute Gasteiger partial charge is 0.119 e. The summed E-state index contributed by atoms with van der Waals surface area (Å²) in [5, 5.41) is 7.10. The summed E-state index contributed by atoms with van der Waals surface area (Å²) in [6, 6.07) is 9.24. The molecule has 2 N–H and O–H groups in total. The second-order valence-corrected chi connectivity index (χ2v) is 7.08. The number of hydrogen-bond donors (Lipinski definition) is 2. The summed E-state index contributed by atoms with van der Waals surface area (Å²) in [6.07, 6.45) is 9.72. The van der Waals surface area contributed by atoms with Crippen molar-refractivity contribution in [1.82, 2.24) is 10.6 Å². The Labute approximate surface area is 152 Å². The van der Waals surface area contributed by atoms with Gasteiger partial charge in [0.25, 0.3) is 0 Å². The molecule has 0 spiro atoms. The normalized spacial score (nSPS) is 18.3. The number of ether oxygens (including phenoxy) is 1. The second kappa shape index (κ2) is 12.6. The monoisotopic (exact) mass is 352 g/mol. The van der Waals surface area contributed by atoms with E-state index in [1.807, 2.05) is 0 Å². The van der Waals surface area contributed by atoms with Gasteiger partial charge >= 0.3 is 0 Å². The molecule has 1 aromatic rings. The standard InChI is InChI=1S/C20H33ClN2O/c21-11-3-5-12-22-13-7-15-24-20-10-6-8-18(17-20)16-19-9-2-1-4-14-23-19/h6,8,10,17,19,22-23H,1-5,7,9,11-16H2. The second-order valence-electron chi connectivity index (χ2n) is 6.70. The van der Waals surface area contributed by atoms with E-state index in [1.54, 1.807) is 0 Å². The summed E-state index contributed by atoms with van der Waals surface area (Å²) in [4.78, 5) is 0. The van der Waals surface area contributed by atoms with Crippen LogP contribution in [-0.4, -0.2) is 38.2 Å². The van der Waals surface area contributed by atoms with E-state index in [-0.39, 0.29) is 0 Å². The van der Waals surface area contributed by atoms with Crippen LogP contribution in [0.5, 0.6) is 5.75 Å². The highest BCUT2D eigenvalue weighted by Gasteiger charge is 2.12. The van der Waals surface area contributed by atoms with Gasteiger partial charge < -0.3 is 15.4 Å². The highest BCUT2D eigenvalue weighted by atomic mass is 35.5. The fourth-order valence-corrected chi connectivity index (χ4v) is 3.37. The minimum atomic E-state index is 0.625. The zero-order valence-electron chi connectivity index (χ0n) is 14.9. The molecule has 0 aromatic heterocycles. The summed E-state index contributed by atoms with van der Waals surface area (Å²) in [5.74, 6) is 1.76. The van der Waals surface area contributed by atoms with Crippen LogP contribution in [0.25, 0.3) is 0 Å². The summed E-state index contributed by atoms with van der Waals surface area (Å²) in [6.45, 7) is 4.00. The molecule has 0 bridgehead atoms. The summed E-state index contributed by atoms with van der Waals surface area (Å²) in [7, 11) is 0. The lowest BCUT2D eigenvalue weighted by molar-refractivity contribution is 0.307. The molecular formula is C20H33ClN2O. The van der Waals surface area contributed by atoms with Crippen molar-refractivity contribution >= 4 is 11.6 Å². The fourth-order valence-electron chi connectivity index (χ4n) is 3.18. The average molecular weight is 353 g/mol. The predicted octanol–water partition coefficient (Wildman–Crippen LogP) is 4.14. The number of rotatable bonds is 11. The minimum Gasteiger partial charge on any atom is -0.494 e. The van der Waals surface area contributed by atoms with E-state index in [0.29, 0.717) is 6.04 Å². The van der Waals surface area contributed by atoms with Gasteiger partial charge in [-0.2, -0.15) is 0 Å². The molecule has 0 amide bonds.